The number of hydrogen-bond donors (Lipinski definition) is 1. The lowest BCUT2D eigenvalue weighted by Crippen LogP contribution is -2.38. The van der Waals surface area contributed by atoms with Gasteiger partial charge in [0.05, 0.1) is 47.0 Å². The minimum atomic E-state index is -0.503. The van der Waals surface area contributed by atoms with Crippen molar-refractivity contribution in [3.63, 3.8) is 0 Å². The molecule has 5 rings (SSSR count). The molecule has 1 N–H and O–H groups in total. The van der Waals surface area contributed by atoms with E-state index in [2.05, 4.69) is 35.7 Å². The Morgan fingerprint density at radius 1 is 1.16 bits per heavy atom. The summed E-state index contributed by atoms with van der Waals surface area (Å²) >= 11 is 5.98. The van der Waals surface area contributed by atoms with E-state index in [-0.39, 0.29) is 5.02 Å². The van der Waals surface area contributed by atoms with Crippen LogP contribution in [-0.4, -0.2) is 59.3 Å². The maximum absolute atomic E-state index is 13.7. The van der Waals surface area contributed by atoms with Gasteiger partial charge in [-0.1, -0.05) is 11.6 Å². The number of nitriles is 1. The van der Waals surface area contributed by atoms with E-state index < -0.39 is 5.82 Å². The fourth-order valence-electron chi connectivity index (χ4n) is 4.60. The third kappa shape index (κ3) is 5.23. The van der Waals surface area contributed by atoms with Crippen LogP contribution >= 0.6 is 11.6 Å². The molecule has 0 aliphatic carbocycles. The Kier molecular flexibility index (Phi) is 7.24. The maximum atomic E-state index is 13.7. The largest absolute Gasteiger partial charge is 0.379 e. The molecule has 0 unspecified atom stereocenters. The van der Waals surface area contributed by atoms with Crippen LogP contribution in [0.5, 0.6) is 0 Å². The van der Waals surface area contributed by atoms with Gasteiger partial charge in [0.2, 0.25) is 0 Å². The van der Waals surface area contributed by atoms with Gasteiger partial charge in [-0.15, -0.1) is 0 Å². The van der Waals surface area contributed by atoms with E-state index >= 15 is 0 Å². The normalized spacial score (nSPS) is 14.0. The highest BCUT2D eigenvalue weighted by Crippen LogP contribution is 2.35. The van der Waals surface area contributed by atoms with E-state index in [0.717, 1.165) is 67.5 Å². The molecule has 0 saturated carbocycles. The smallest absolute Gasteiger partial charge is 0.141 e. The van der Waals surface area contributed by atoms with Gasteiger partial charge in [-0.2, -0.15) is 5.26 Å². The van der Waals surface area contributed by atoms with Crippen LogP contribution in [0.1, 0.15) is 11.3 Å². The number of aryl methyl sites for hydroxylation is 1. The zero-order chi connectivity index (χ0) is 25.9. The zero-order valence-electron chi connectivity index (χ0n) is 20.7. The minimum absolute atomic E-state index is 0.00288. The molecule has 1 aliphatic heterocycles. The first-order valence-corrected chi connectivity index (χ1v) is 12.4. The molecule has 1 aliphatic rings. The summed E-state index contributed by atoms with van der Waals surface area (Å²) in [5.74, 6) is 0.494. The van der Waals surface area contributed by atoms with Crippen LogP contribution in [0, 0.1) is 24.1 Å². The molecule has 190 valence electrons. The van der Waals surface area contributed by atoms with Gasteiger partial charge in [-0.25, -0.2) is 9.37 Å². The summed E-state index contributed by atoms with van der Waals surface area (Å²) in [6, 6.07) is 12.5. The summed E-state index contributed by atoms with van der Waals surface area (Å²) < 4.78 is 21.3. The van der Waals surface area contributed by atoms with Gasteiger partial charge >= 0.3 is 0 Å². The van der Waals surface area contributed by atoms with Crippen molar-refractivity contribution in [3.05, 3.63) is 71.0 Å². The van der Waals surface area contributed by atoms with E-state index in [9.17, 15) is 9.65 Å². The van der Waals surface area contributed by atoms with Crippen LogP contribution in [0.3, 0.4) is 0 Å². The van der Waals surface area contributed by atoms with Crippen LogP contribution in [-0.2, 0) is 11.3 Å². The first-order chi connectivity index (χ1) is 17.9. The molecule has 0 radical (unpaired) electrons. The van der Waals surface area contributed by atoms with E-state index in [1.807, 2.05) is 38.5 Å². The van der Waals surface area contributed by atoms with Crippen LogP contribution in [0.15, 0.2) is 48.9 Å². The molecular weight excluding hydrogens is 493 g/mol. The average Bonchev–Trinajstić information content (AvgIpc) is 3.29. The number of hydrogen-bond acceptors (Lipinski definition) is 7. The molecule has 0 amide bonds. The number of benzene rings is 2. The molecule has 3 heterocycles. The molecule has 0 spiro atoms. The second kappa shape index (κ2) is 10.7. The predicted octanol–water partition coefficient (Wildman–Crippen LogP) is 5.25. The van der Waals surface area contributed by atoms with Crippen molar-refractivity contribution in [1.29, 1.82) is 5.26 Å². The molecule has 2 aromatic heterocycles. The second-order valence-corrected chi connectivity index (χ2v) is 9.38. The molecule has 0 atom stereocenters. The minimum Gasteiger partial charge on any atom is -0.379 e. The summed E-state index contributed by atoms with van der Waals surface area (Å²) in [4.78, 5) is 13.5. The van der Waals surface area contributed by atoms with Crippen LogP contribution < -0.4 is 10.2 Å². The number of imidazole rings is 1. The summed E-state index contributed by atoms with van der Waals surface area (Å²) in [6.07, 6.45) is 3.41. The monoisotopic (exact) mass is 519 g/mol. The second-order valence-electron chi connectivity index (χ2n) is 8.97. The zero-order valence-corrected chi connectivity index (χ0v) is 21.5. The molecule has 2 aromatic carbocycles. The number of rotatable bonds is 7. The maximum Gasteiger partial charge on any atom is 0.141 e. The topological polar surface area (TPSA) is 82.2 Å². The lowest BCUT2D eigenvalue weighted by atomic mass is 10.1. The summed E-state index contributed by atoms with van der Waals surface area (Å²) in [7, 11) is 2.00. The number of morpholine rings is 1. The van der Waals surface area contributed by atoms with E-state index in [1.54, 1.807) is 6.07 Å². The molecule has 8 nitrogen and oxygen atoms in total. The van der Waals surface area contributed by atoms with Crippen molar-refractivity contribution < 1.29 is 9.13 Å². The van der Waals surface area contributed by atoms with Gasteiger partial charge in [-0.05, 0) is 43.3 Å². The van der Waals surface area contributed by atoms with Crippen molar-refractivity contribution in [2.24, 2.45) is 0 Å². The molecular formula is C27H27ClFN7O. The number of nitrogens with zero attached hydrogens (tertiary/aromatic N) is 6. The van der Waals surface area contributed by atoms with Gasteiger partial charge in [-0.3, -0.25) is 9.88 Å². The van der Waals surface area contributed by atoms with Crippen molar-refractivity contribution in [2.75, 3.05) is 50.1 Å². The number of aromatic nitrogens is 3. The fraction of sp³-hybridized carbons (Fsp3) is 0.296. The van der Waals surface area contributed by atoms with Gasteiger partial charge < -0.3 is 19.5 Å². The SMILES string of the molecule is Cc1ncn(CCN2CCOCC2)c1N(C)c1ccc2ncc(C#N)c(Nc3ccc(F)c(Cl)c3)c2c1. The van der Waals surface area contributed by atoms with E-state index in [0.29, 0.717) is 16.9 Å². The Labute approximate surface area is 219 Å². The number of halogens is 2. The molecule has 37 heavy (non-hydrogen) atoms. The molecule has 1 fully saturated rings. The number of pyridine rings is 1. The van der Waals surface area contributed by atoms with Crippen molar-refractivity contribution >= 4 is 45.4 Å². The van der Waals surface area contributed by atoms with Crippen molar-refractivity contribution in [1.82, 2.24) is 19.4 Å². The fourth-order valence-corrected chi connectivity index (χ4v) is 4.78. The van der Waals surface area contributed by atoms with E-state index in [1.165, 1.54) is 18.3 Å². The number of nitrogens with one attached hydrogen (secondary N) is 1. The standard InChI is InChI=1S/C27H27ClFN7O/c1-18-27(36(17-32-18)8-7-35-9-11-37-12-10-35)34(2)21-4-6-25-22(14-21)26(19(15-30)16-31-25)33-20-3-5-24(29)23(28)13-20/h3-6,13-14,16-17H,7-12H2,1-2H3,(H,31,33). The quantitative estimate of drug-likeness (QED) is 0.357. The Bertz CT molecular complexity index is 1480. The number of fused-ring (bicyclic) bond motifs is 1. The first-order valence-electron chi connectivity index (χ1n) is 12.0. The highest BCUT2D eigenvalue weighted by atomic mass is 35.5. The first kappa shape index (κ1) is 25.0. The van der Waals surface area contributed by atoms with Crippen LogP contribution in [0.2, 0.25) is 5.02 Å². The van der Waals surface area contributed by atoms with Gasteiger partial charge in [0.1, 0.15) is 17.7 Å². The highest BCUT2D eigenvalue weighted by Gasteiger charge is 2.18. The van der Waals surface area contributed by atoms with Gasteiger partial charge in [0.25, 0.3) is 0 Å². The van der Waals surface area contributed by atoms with Crippen molar-refractivity contribution in [3.8, 4) is 6.07 Å². The average molecular weight is 520 g/mol. The third-order valence-corrected chi connectivity index (χ3v) is 6.90. The molecule has 0 bridgehead atoms. The Balaban J connectivity index is 1.48. The molecule has 4 aromatic rings. The lowest BCUT2D eigenvalue weighted by Gasteiger charge is -2.28. The molecule has 10 heteroatoms. The Morgan fingerprint density at radius 2 is 1.97 bits per heavy atom. The summed E-state index contributed by atoms with van der Waals surface area (Å²) in [5, 5.41) is 13.8. The van der Waals surface area contributed by atoms with Gasteiger partial charge in [0.15, 0.2) is 0 Å². The van der Waals surface area contributed by atoms with Crippen LogP contribution in [0.4, 0.5) is 27.3 Å². The number of ether oxygens (including phenoxy) is 1. The highest BCUT2D eigenvalue weighted by molar-refractivity contribution is 6.31. The Hall–Kier alpha value is -3.71. The van der Waals surface area contributed by atoms with Crippen molar-refractivity contribution in [2.45, 2.75) is 13.5 Å². The summed E-state index contributed by atoms with van der Waals surface area (Å²) in [6.45, 7) is 7.14. The lowest BCUT2D eigenvalue weighted by molar-refractivity contribution is 0.0364. The number of anilines is 4. The Morgan fingerprint density at radius 3 is 2.73 bits per heavy atom. The van der Waals surface area contributed by atoms with E-state index in [4.69, 9.17) is 16.3 Å². The third-order valence-electron chi connectivity index (χ3n) is 6.61. The van der Waals surface area contributed by atoms with Crippen LogP contribution in [0.25, 0.3) is 10.9 Å². The summed E-state index contributed by atoms with van der Waals surface area (Å²) in [5.41, 5.74) is 4.10. The predicted molar refractivity (Wildman–Crippen MR) is 143 cm³/mol. The molecule has 1 saturated heterocycles. The van der Waals surface area contributed by atoms with Gasteiger partial charge in [0, 0.05) is 56.2 Å².